The molecule has 0 aliphatic carbocycles. The Kier molecular flexibility index (Phi) is 7.99. The number of nitrogens with one attached hydrogen (secondary N) is 1. The molecule has 1 rings (SSSR count). The van der Waals surface area contributed by atoms with E-state index in [1.54, 1.807) is 6.07 Å². The molecule has 5 heteroatoms. The van der Waals surface area contributed by atoms with Gasteiger partial charge in [0.25, 0.3) is 0 Å². The van der Waals surface area contributed by atoms with Gasteiger partial charge in [-0.1, -0.05) is 29.3 Å². The molecular formula is C12H16Cl3NO. The van der Waals surface area contributed by atoms with Gasteiger partial charge in [-0.15, -0.1) is 11.6 Å². The second kappa shape index (κ2) is 9.01. The monoisotopic (exact) mass is 295 g/mol. The molecule has 0 fully saturated rings. The number of ether oxygens (including phenoxy) is 1. The smallest absolute Gasteiger partial charge is 0.0601 e. The van der Waals surface area contributed by atoms with Gasteiger partial charge >= 0.3 is 0 Å². The highest BCUT2D eigenvalue weighted by Crippen LogP contribution is 2.20. The number of hydrogen-bond acceptors (Lipinski definition) is 2. The number of halogens is 3. The highest BCUT2D eigenvalue weighted by Gasteiger charge is 2.00. The van der Waals surface area contributed by atoms with Gasteiger partial charge in [-0.25, -0.2) is 0 Å². The molecule has 0 atom stereocenters. The van der Waals surface area contributed by atoms with Gasteiger partial charge in [0.2, 0.25) is 0 Å². The number of alkyl halides is 1. The topological polar surface area (TPSA) is 21.3 Å². The number of benzene rings is 1. The first-order valence-corrected chi connectivity index (χ1v) is 6.81. The van der Waals surface area contributed by atoms with Crippen molar-refractivity contribution in [2.45, 2.75) is 13.0 Å². The Labute approximate surface area is 117 Å². The minimum Gasteiger partial charge on any atom is -0.380 e. The van der Waals surface area contributed by atoms with E-state index >= 15 is 0 Å². The molecule has 1 aromatic carbocycles. The lowest BCUT2D eigenvalue weighted by Crippen LogP contribution is -2.16. The zero-order valence-electron chi connectivity index (χ0n) is 9.52. The van der Waals surface area contributed by atoms with Gasteiger partial charge in [-0.3, -0.25) is 0 Å². The summed E-state index contributed by atoms with van der Waals surface area (Å²) in [6.45, 7) is 2.98. The summed E-state index contributed by atoms with van der Waals surface area (Å²) in [5, 5.41) is 4.66. The van der Waals surface area contributed by atoms with Crippen molar-refractivity contribution in [3.8, 4) is 0 Å². The summed E-state index contributed by atoms with van der Waals surface area (Å²) >= 11 is 17.3. The third kappa shape index (κ3) is 6.49. The van der Waals surface area contributed by atoms with E-state index in [1.807, 2.05) is 12.1 Å². The van der Waals surface area contributed by atoms with E-state index in [9.17, 15) is 0 Å². The van der Waals surface area contributed by atoms with Crippen LogP contribution in [0.4, 0.5) is 0 Å². The Balaban J connectivity index is 2.14. The standard InChI is InChI=1S/C12H16Cl3NO/c13-4-7-17-6-1-5-16-9-10-2-3-11(14)8-12(10)15/h2-3,8,16H,1,4-7,9H2. The average Bonchev–Trinajstić information content (AvgIpc) is 2.30. The van der Waals surface area contributed by atoms with Crippen LogP contribution in [0.15, 0.2) is 18.2 Å². The van der Waals surface area contributed by atoms with Crippen LogP contribution < -0.4 is 5.32 Å². The van der Waals surface area contributed by atoms with Gasteiger partial charge in [0.1, 0.15) is 0 Å². The fraction of sp³-hybridized carbons (Fsp3) is 0.500. The maximum absolute atomic E-state index is 6.05. The van der Waals surface area contributed by atoms with E-state index in [2.05, 4.69) is 5.32 Å². The van der Waals surface area contributed by atoms with Crippen LogP contribution in [0.5, 0.6) is 0 Å². The van der Waals surface area contributed by atoms with Crippen LogP contribution in [0.25, 0.3) is 0 Å². The average molecular weight is 297 g/mol. The summed E-state index contributed by atoms with van der Waals surface area (Å²) in [7, 11) is 0. The molecule has 0 unspecified atom stereocenters. The van der Waals surface area contributed by atoms with E-state index in [4.69, 9.17) is 39.5 Å². The normalized spacial score (nSPS) is 10.8. The molecule has 2 nitrogen and oxygen atoms in total. The van der Waals surface area contributed by atoms with Crippen LogP contribution in [0.2, 0.25) is 10.0 Å². The Morgan fingerprint density at radius 3 is 2.71 bits per heavy atom. The summed E-state index contributed by atoms with van der Waals surface area (Å²) in [5.74, 6) is 0.549. The molecule has 1 N–H and O–H groups in total. The van der Waals surface area contributed by atoms with E-state index in [0.717, 1.165) is 31.7 Å². The molecule has 0 aliphatic heterocycles. The summed E-state index contributed by atoms with van der Waals surface area (Å²) in [4.78, 5) is 0. The van der Waals surface area contributed by atoms with Crippen molar-refractivity contribution in [2.75, 3.05) is 25.6 Å². The molecule has 1 aromatic rings. The lowest BCUT2D eigenvalue weighted by atomic mass is 10.2. The van der Waals surface area contributed by atoms with Crippen molar-refractivity contribution in [2.24, 2.45) is 0 Å². The molecule has 0 heterocycles. The van der Waals surface area contributed by atoms with Crippen molar-refractivity contribution in [1.29, 1.82) is 0 Å². The lowest BCUT2D eigenvalue weighted by molar-refractivity contribution is 0.146. The van der Waals surface area contributed by atoms with Crippen molar-refractivity contribution < 1.29 is 4.74 Å². The van der Waals surface area contributed by atoms with Crippen LogP contribution in [0, 0.1) is 0 Å². The van der Waals surface area contributed by atoms with Gasteiger partial charge < -0.3 is 10.1 Å². The fourth-order valence-electron chi connectivity index (χ4n) is 1.34. The highest BCUT2D eigenvalue weighted by molar-refractivity contribution is 6.35. The van der Waals surface area contributed by atoms with Crippen LogP contribution >= 0.6 is 34.8 Å². The quantitative estimate of drug-likeness (QED) is 0.583. The second-order valence-corrected chi connectivity index (χ2v) is 4.79. The Morgan fingerprint density at radius 2 is 2.00 bits per heavy atom. The third-order valence-corrected chi connectivity index (χ3v) is 2.94. The van der Waals surface area contributed by atoms with Crippen molar-refractivity contribution >= 4 is 34.8 Å². The van der Waals surface area contributed by atoms with Gasteiger partial charge in [0.05, 0.1) is 6.61 Å². The summed E-state index contributed by atoms with van der Waals surface area (Å²) in [5.41, 5.74) is 1.05. The molecule has 0 saturated heterocycles. The van der Waals surface area contributed by atoms with E-state index in [-0.39, 0.29) is 0 Å². The number of hydrogen-bond donors (Lipinski definition) is 1. The number of rotatable bonds is 8. The first-order valence-electron chi connectivity index (χ1n) is 5.52. The molecule has 0 aromatic heterocycles. The minimum atomic E-state index is 0.549. The molecule has 96 valence electrons. The summed E-state index contributed by atoms with van der Waals surface area (Å²) < 4.78 is 5.26. The van der Waals surface area contributed by atoms with Gasteiger partial charge in [0.15, 0.2) is 0 Å². The highest BCUT2D eigenvalue weighted by atomic mass is 35.5. The second-order valence-electron chi connectivity index (χ2n) is 3.57. The zero-order valence-corrected chi connectivity index (χ0v) is 11.8. The summed E-state index contributed by atoms with van der Waals surface area (Å²) in [6.07, 6.45) is 0.960. The molecule has 0 bridgehead atoms. The zero-order chi connectivity index (χ0) is 12.5. The Bertz CT molecular complexity index is 334. The van der Waals surface area contributed by atoms with Gasteiger partial charge in [0, 0.05) is 29.1 Å². The molecular weight excluding hydrogens is 280 g/mol. The van der Waals surface area contributed by atoms with Crippen molar-refractivity contribution in [1.82, 2.24) is 5.32 Å². The molecule has 0 radical (unpaired) electrons. The Hall–Kier alpha value is 0.01000. The van der Waals surface area contributed by atoms with Crippen LogP contribution in [0.1, 0.15) is 12.0 Å². The molecule has 0 aliphatic rings. The van der Waals surface area contributed by atoms with Crippen LogP contribution in [-0.4, -0.2) is 25.6 Å². The molecule has 0 spiro atoms. The predicted molar refractivity (Wildman–Crippen MR) is 74.3 cm³/mol. The third-order valence-electron chi connectivity index (χ3n) is 2.19. The summed E-state index contributed by atoms with van der Waals surface area (Å²) in [6, 6.07) is 5.53. The maximum Gasteiger partial charge on any atom is 0.0601 e. The van der Waals surface area contributed by atoms with E-state index < -0.39 is 0 Å². The van der Waals surface area contributed by atoms with E-state index in [1.165, 1.54) is 0 Å². The van der Waals surface area contributed by atoms with Crippen LogP contribution in [-0.2, 0) is 11.3 Å². The molecule has 0 saturated carbocycles. The maximum atomic E-state index is 6.05. The van der Waals surface area contributed by atoms with Crippen LogP contribution in [0.3, 0.4) is 0 Å². The minimum absolute atomic E-state index is 0.549. The SMILES string of the molecule is ClCCOCCCNCc1ccc(Cl)cc1Cl. The molecule has 17 heavy (non-hydrogen) atoms. The Morgan fingerprint density at radius 1 is 1.18 bits per heavy atom. The van der Waals surface area contributed by atoms with Gasteiger partial charge in [-0.05, 0) is 30.7 Å². The van der Waals surface area contributed by atoms with Crippen molar-refractivity contribution in [3.63, 3.8) is 0 Å². The van der Waals surface area contributed by atoms with Crippen molar-refractivity contribution in [3.05, 3.63) is 33.8 Å². The first-order chi connectivity index (χ1) is 8.24. The largest absolute Gasteiger partial charge is 0.380 e. The van der Waals surface area contributed by atoms with Gasteiger partial charge in [-0.2, -0.15) is 0 Å². The lowest BCUT2D eigenvalue weighted by Gasteiger charge is -2.07. The fourth-order valence-corrected chi connectivity index (χ4v) is 1.93. The first kappa shape index (κ1) is 15.1. The predicted octanol–water partition coefficient (Wildman–Crippen LogP) is 3.73. The van der Waals surface area contributed by atoms with E-state index in [0.29, 0.717) is 22.5 Å². The molecule has 0 amide bonds.